The molecule has 0 bridgehead atoms. The van der Waals surface area contributed by atoms with Crippen LogP contribution in [-0.2, 0) is 19.1 Å². The van der Waals surface area contributed by atoms with Gasteiger partial charge in [0.25, 0.3) is 5.56 Å². The first-order chi connectivity index (χ1) is 17.3. The molecule has 3 aromatic rings. The lowest BCUT2D eigenvalue weighted by molar-refractivity contribution is -0.143. The van der Waals surface area contributed by atoms with Crippen LogP contribution in [0.3, 0.4) is 0 Å². The number of aromatic nitrogens is 1. The fraction of sp³-hybridized carbons (Fsp3) is 0.259. The van der Waals surface area contributed by atoms with E-state index in [1.54, 1.807) is 48.8 Å². The van der Waals surface area contributed by atoms with Gasteiger partial charge in [-0.05, 0) is 50.1 Å². The number of carbonyl (C=O) groups excluding carboxylic acids is 2. The van der Waals surface area contributed by atoms with Crippen LogP contribution >= 0.6 is 11.3 Å². The van der Waals surface area contributed by atoms with Crippen molar-refractivity contribution in [3.63, 3.8) is 0 Å². The third-order valence-corrected chi connectivity index (χ3v) is 6.66. The normalized spacial score (nSPS) is 15.2. The van der Waals surface area contributed by atoms with E-state index in [4.69, 9.17) is 9.47 Å². The van der Waals surface area contributed by atoms with Crippen molar-refractivity contribution in [2.24, 2.45) is 4.99 Å². The van der Waals surface area contributed by atoms with Gasteiger partial charge in [0.05, 0.1) is 35.6 Å². The Balaban J connectivity index is 1.77. The fourth-order valence-corrected chi connectivity index (χ4v) is 4.92. The molecule has 0 N–H and O–H groups in total. The van der Waals surface area contributed by atoms with Crippen LogP contribution < -0.4 is 19.6 Å². The van der Waals surface area contributed by atoms with Crippen molar-refractivity contribution in [2.75, 3.05) is 20.3 Å². The summed E-state index contributed by atoms with van der Waals surface area (Å²) < 4.78 is 17.3. The first kappa shape index (κ1) is 25.1. The summed E-state index contributed by atoms with van der Waals surface area (Å²) in [6.45, 7) is 5.52. The molecule has 4 rings (SSSR count). The number of thiazole rings is 1. The molecule has 0 unspecified atom stereocenters. The van der Waals surface area contributed by atoms with Crippen LogP contribution in [0.2, 0.25) is 0 Å². The molecule has 0 amide bonds. The van der Waals surface area contributed by atoms with Gasteiger partial charge in [-0.15, -0.1) is 0 Å². The monoisotopic (exact) mass is 506 g/mol. The molecule has 2 aromatic carbocycles. The number of benzene rings is 2. The smallest absolute Gasteiger partial charge is 0.343 e. The Bertz CT molecular complexity index is 1500. The summed E-state index contributed by atoms with van der Waals surface area (Å²) in [6.07, 6.45) is 1.77. The van der Waals surface area contributed by atoms with Crippen molar-refractivity contribution in [1.29, 1.82) is 0 Å². The van der Waals surface area contributed by atoms with Gasteiger partial charge >= 0.3 is 11.9 Å². The zero-order valence-corrected chi connectivity index (χ0v) is 21.3. The van der Waals surface area contributed by atoms with Gasteiger partial charge in [0, 0.05) is 0 Å². The van der Waals surface area contributed by atoms with Gasteiger partial charge in [0.1, 0.15) is 5.75 Å². The van der Waals surface area contributed by atoms with Crippen LogP contribution in [0, 0.1) is 6.92 Å². The van der Waals surface area contributed by atoms with Crippen molar-refractivity contribution in [2.45, 2.75) is 26.8 Å². The zero-order valence-electron chi connectivity index (χ0n) is 20.4. The SMILES string of the molecule is CCOC(=O)C1=C(C)N=c2s/c(=C\c3ccc(OCC(=O)OC)cc3)c(=O)n2[C@@H]1c1ccc(C)cc1. The van der Waals surface area contributed by atoms with Crippen LogP contribution in [0.25, 0.3) is 6.08 Å². The molecule has 1 aliphatic heterocycles. The first-order valence-corrected chi connectivity index (χ1v) is 12.2. The molecule has 0 radical (unpaired) electrons. The second-order valence-electron chi connectivity index (χ2n) is 8.15. The number of carbonyl (C=O) groups is 2. The lowest BCUT2D eigenvalue weighted by atomic mass is 9.95. The predicted molar refractivity (Wildman–Crippen MR) is 136 cm³/mol. The highest BCUT2D eigenvalue weighted by molar-refractivity contribution is 7.07. The maximum absolute atomic E-state index is 13.6. The summed E-state index contributed by atoms with van der Waals surface area (Å²) in [6, 6.07) is 14.1. The molecule has 1 aromatic heterocycles. The minimum absolute atomic E-state index is 0.185. The Kier molecular flexibility index (Phi) is 7.49. The quantitative estimate of drug-likeness (QED) is 0.457. The number of nitrogens with zero attached hydrogens (tertiary/aromatic N) is 2. The van der Waals surface area contributed by atoms with E-state index in [-0.39, 0.29) is 18.8 Å². The molecule has 8 nitrogen and oxygen atoms in total. The maximum Gasteiger partial charge on any atom is 0.343 e. The molecule has 0 spiro atoms. The second-order valence-corrected chi connectivity index (χ2v) is 9.16. The van der Waals surface area contributed by atoms with E-state index < -0.39 is 18.0 Å². The standard InChI is InChI=1S/C27H26N2O6S/c1-5-34-26(32)23-17(3)28-27-29(24(23)19-10-6-16(2)7-11-19)25(31)21(36-27)14-18-8-12-20(13-9-18)35-15-22(30)33-4/h6-14,24H,5,15H2,1-4H3/b21-14-/t24-/m1/s1. The van der Waals surface area contributed by atoms with Gasteiger partial charge in [-0.2, -0.15) is 0 Å². The Morgan fingerprint density at radius 2 is 1.78 bits per heavy atom. The lowest BCUT2D eigenvalue weighted by Gasteiger charge is -2.24. The Morgan fingerprint density at radius 3 is 2.42 bits per heavy atom. The molecule has 0 fully saturated rings. The summed E-state index contributed by atoms with van der Waals surface area (Å²) in [4.78, 5) is 42.9. The van der Waals surface area contributed by atoms with Crippen LogP contribution in [0.4, 0.5) is 0 Å². The number of hydrogen-bond acceptors (Lipinski definition) is 8. The van der Waals surface area contributed by atoms with Crippen LogP contribution in [-0.4, -0.2) is 36.8 Å². The van der Waals surface area contributed by atoms with Gasteiger partial charge in [0.15, 0.2) is 11.4 Å². The molecular weight excluding hydrogens is 480 g/mol. The largest absolute Gasteiger partial charge is 0.482 e. The molecule has 2 heterocycles. The Morgan fingerprint density at radius 1 is 1.08 bits per heavy atom. The maximum atomic E-state index is 13.6. The van der Waals surface area contributed by atoms with E-state index in [0.717, 1.165) is 16.7 Å². The molecule has 36 heavy (non-hydrogen) atoms. The third kappa shape index (κ3) is 5.16. The first-order valence-electron chi connectivity index (χ1n) is 11.4. The summed E-state index contributed by atoms with van der Waals surface area (Å²) in [7, 11) is 1.30. The number of methoxy groups -OCH3 is 1. The number of rotatable bonds is 7. The van der Waals surface area contributed by atoms with Crippen molar-refractivity contribution in [1.82, 2.24) is 4.57 Å². The number of hydrogen-bond donors (Lipinski definition) is 0. The van der Waals surface area contributed by atoms with Crippen molar-refractivity contribution in [3.05, 3.63) is 96.2 Å². The Hall–Kier alpha value is -3.98. The van der Waals surface area contributed by atoms with E-state index >= 15 is 0 Å². The minimum atomic E-state index is -0.642. The van der Waals surface area contributed by atoms with Crippen LogP contribution in [0.1, 0.15) is 36.6 Å². The van der Waals surface area contributed by atoms with E-state index in [0.29, 0.717) is 26.4 Å². The van der Waals surface area contributed by atoms with Crippen molar-refractivity contribution >= 4 is 29.4 Å². The minimum Gasteiger partial charge on any atom is -0.482 e. The molecule has 186 valence electrons. The molecular formula is C27H26N2O6S. The average Bonchev–Trinajstić information content (AvgIpc) is 3.17. The molecule has 1 atom stereocenters. The van der Waals surface area contributed by atoms with Crippen LogP contribution in [0.15, 0.2) is 69.6 Å². The van der Waals surface area contributed by atoms with E-state index in [2.05, 4.69) is 9.73 Å². The van der Waals surface area contributed by atoms with E-state index in [9.17, 15) is 14.4 Å². The molecule has 0 saturated carbocycles. The molecule has 0 aliphatic carbocycles. The summed E-state index contributed by atoms with van der Waals surface area (Å²) >= 11 is 1.26. The lowest BCUT2D eigenvalue weighted by Crippen LogP contribution is -2.39. The highest BCUT2D eigenvalue weighted by Gasteiger charge is 2.33. The molecule has 9 heteroatoms. The number of ether oxygens (including phenoxy) is 3. The fourth-order valence-electron chi connectivity index (χ4n) is 3.87. The van der Waals surface area contributed by atoms with E-state index in [1.807, 2.05) is 31.2 Å². The van der Waals surface area contributed by atoms with Gasteiger partial charge in [-0.3, -0.25) is 9.36 Å². The molecule has 0 saturated heterocycles. The van der Waals surface area contributed by atoms with Gasteiger partial charge in [-0.25, -0.2) is 14.6 Å². The highest BCUT2D eigenvalue weighted by Crippen LogP contribution is 2.30. The number of allylic oxidation sites excluding steroid dienone is 1. The summed E-state index contributed by atoms with van der Waals surface area (Å²) in [5.41, 5.74) is 3.29. The van der Waals surface area contributed by atoms with Crippen LogP contribution in [0.5, 0.6) is 5.75 Å². The predicted octanol–water partition coefficient (Wildman–Crippen LogP) is 2.66. The van der Waals surface area contributed by atoms with Gasteiger partial charge in [0.2, 0.25) is 0 Å². The number of esters is 2. The Labute approximate surface area is 211 Å². The average molecular weight is 507 g/mol. The number of fused-ring (bicyclic) bond motifs is 1. The summed E-state index contributed by atoms with van der Waals surface area (Å²) in [5.74, 6) is -0.449. The molecule has 1 aliphatic rings. The topological polar surface area (TPSA) is 96.2 Å². The zero-order chi connectivity index (χ0) is 25.8. The van der Waals surface area contributed by atoms with Crippen molar-refractivity contribution < 1.29 is 23.8 Å². The van der Waals surface area contributed by atoms with Gasteiger partial charge < -0.3 is 14.2 Å². The summed E-state index contributed by atoms with van der Waals surface area (Å²) in [5, 5.41) is 0. The number of aryl methyl sites for hydroxylation is 1. The second kappa shape index (κ2) is 10.7. The van der Waals surface area contributed by atoms with E-state index in [1.165, 1.54) is 18.4 Å². The van der Waals surface area contributed by atoms with Crippen molar-refractivity contribution in [3.8, 4) is 5.75 Å². The third-order valence-electron chi connectivity index (χ3n) is 5.67. The highest BCUT2D eigenvalue weighted by atomic mass is 32.1. The van der Waals surface area contributed by atoms with Gasteiger partial charge in [-0.1, -0.05) is 53.3 Å².